The number of hydrogen-bond acceptors (Lipinski definition) is 4. The first-order valence-corrected chi connectivity index (χ1v) is 7.99. The van der Waals surface area contributed by atoms with Crippen LogP contribution < -0.4 is 0 Å². The molecule has 0 bridgehead atoms. The summed E-state index contributed by atoms with van der Waals surface area (Å²) >= 11 is 0. The second-order valence-corrected chi connectivity index (χ2v) is 6.27. The first kappa shape index (κ1) is 15.0. The maximum Gasteiger partial charge on any atom is 0.290 e. The summed E-state index contributed by atoms with van der Waals surface area (Å²) < 4.78 is 7.75. The van der Waals surface area contributed by atoms with Crippen molar-refractivity contribution in [1.82, 2.24) is 14.5 Å². The molecule has 1 amide bonds. The average Bonchev–Trinajstić information content (AvgIpc) is 3.14. The van der Waals surface area contributed by atoms with E-state index in [9.17, 15) is 9.90 Å². The predicted octanol–water partition coefficient (Wildman–Crippen LogP) is 2.03. The van der Waals surface area contributed by atoms with Crippen LogP contribution in [0.25, 0.3) is 11.0 Å². The number of imidazole rings is 1. The van der Waals surface area contributed by atoms with Crippen molar-refractivity contribution in [1.29, 1.82) is 0 Å². The van der Waals surface area contributed by atoms with Crippen LogP contribution in [0.5, 0.6) is 0 Å². The standard InChI is InChI=1S/C18H19N3O3/c1-11-13-5-3-4-6-16(13)24-17(11)18(23)21-8-14-15(7-12(21)9-22)20(2)10-19-14/h3-6,10,12,22H,7-9H2,1-2H3/t12-/m0/s1. The molecule has 0 saturated carbocycles. The van der Waals surface area contributed by atoms with Crippen LogP contribution in [0.2, 0.25) is 0 Å². The molecule has 1 N–H and O–H groups in total. The highest BCUT2D eigenvalue weighted by Crippen LogP contribution is 2.29. The first-order valence-electron chi connectivity index (χ1n) is 7.99. The molecule has 3 heterocycles. The summed E-state index contributed by atoms with van der Waals surface area (Å²) in [7, 11) is 1.93. The minimum absolute atomic E-state index is 0.0877. The molecule has 0 saturated heterocycles. The van der Waals surface area contributed by atoms with Gasteiger partial charge >= 0.3 is 0 Å². The zero-order valence-electron chi connectivity index (χ0n) is 13.7. The number of para-hydroxylation sites is 1. The summed E-state index contributed by atoms with van der Waals surface area (Å²) in [5.41, 5.74) is 3.48. The second-order valence-electron chi connectivity index (χ2n) is 6.27. The number of aryl methyl sites for hydroxylation is 2. The molecule has 1 aliphatic rings. The maximum absolute atomic E-state index is 13.1. The SMILES string of the molecule is Cc1c(C(=O)N2Cc3ncn(C)c3C[C@H]2CO)oc2ccccc12. The number of nitrogens with zero attached hydrogens (tertiary/aromatic N) is 3. The summed E-state index contributed by atoms with van der Waals surface area (Å²) in [6.45, 7) is 2.19. The Hall–Kier alpha value is -2.60. The molecule has 6 heteroatoms. The van der Waals surface area contributed by atoms with E-state index in [4.69, 9.17) is 4.42 Å². The van der Waals surface area contributed by atoms with E-state index in [0.717, 1.165) is 22.3 Å². The van der Waals surface area contributed by atoms with Crippen molar-refractivity contribution >= 4 is 16.9 Å². The Morgan fingerprint density at radius 2 is 2.21 bits per heavy atom. The Balaban J connectivity index is 1.73. The van der Waals surface area contributed by atoms with Crippen molar-refractivity contribution < 1.29 is 14.3 Å². The van der Waals surface area contributed by atoms with Gasteiger partial charge in [-0.05, 0) is 13.0 Å². The number of furan rings is 1. The summed E-state index contributed by atoms with van der Waals surface area (Å²) in [6, 6.07) is 7.35. The van der Waals surface area contributed by atoms with Gasteiger partial charge in [0.05, 0.1) is 31.2 Å². The van der Waals surface area contributed by atoms with Gasteiger partial charge in [-0.1, -0.05) is 18.2 Å². The molecular weight excluding hydrogens is 306 g/mol. The number of amides is 1. The van der Waals surface area contributed by atoms with Gasteiger partial charge in [0.15, 0.2) is 5.76 Å². The van der Waals surface area contributed by atoms with Gasteiger partial charge in [0.1, 0.15) is 5.58 Å². The van der Waals surface area contributed by atoms with Crippen LogP contribution in [0, 0.1) is 6.92 Å². The fraction of sp³-hybridized carbons (Fsp3) is 0.333. The molecule has 24 heavy (non-hydrogen) atoms. The van der Waals surface area contributed by atoms with Gasteiger partial charge in [-0.3, -0.25) is 4.79 Å². The van der Waals surface area contributed by atoms with E-state index in [0.29, 0.717) is 24.3 Å². The lowest BCUT2D eigenvalue weighted by atomic mass is 10.0. The van der Waals surface area contributed by atoms with Crippen LogP contribution in [0.3, 0.4) is 0 Å². The fourth-order valence-electron chi connectivity index (χ4n) is 3.43. The van der Waals surface area contributed by atoms with E-state index in [1.54, 1.807) is 11.2 Å². The van der Waals surface area contributed by atoms with Crippen molar-refractivity contribution in [3.63, 3.8) is 0 Å². The summed E-state index contributed by atoms with van der Waals surface area (Å²) in [6.07, 6.45) is 2.34. The highest BCUT2D eigenvalue weighted by molar-refractivity contribution is 5.99. The Labute approximate surface area is 139 Å². The molecule has 1 aliphatic heterocycles. The maximum atomic E-state index is 13.1. The van der Waals surface area contributed by atoms with Crippen LogP contribution in [0.15, 0.2) is 35.0 Å². The molecule has 4 rings (SSSR count). The molecule has 124 valence electrons. The van der Waals surface area contributed by atoms with Crippen LogP contribution in [-0.4, -0.2) is 38.1 Å². The smallest absolute Gasteiger partial charge is 0.290 e. The van der Waals surface area contributed by atoms with Gasteiger partial charge in [0.25, 0.3) is 5.91 Å². The monoisotopic (exact) mass is 325 g/mol. The number of hydrogen-bond donors (Lipinski definition) is 1. The number of aliphatic hydroxyl groups is 1. The first-order chi connectivity index (χ1) is 11.6. The number of carbonyl (C=O) groups is 1. The Bertz CT molecular complexity index is 925. The molecule has 0 fully saturated rings. The van der Waals surface area contributed by atoms with Gasteiger partial charge in [0, 0.05) is 30.1 Å². The molecule has 3 aromatic rings. The van der Waals surface area contributed by atoms with Crippen molar-refractivity contribution in [3.8, 4) is 0 Å². The van der Waals surface area contributed by atoms with Crippen molar-refractivity contribution in [2.45, 2.75) is 25.9 Å². The van der Waals surface area contributed by atoms with E-state index < -0.39 is 0 Å². The van der Waals surface area contributed by atoms with Gasteiger partial charge in [0.2, 0.25) is 0 Å². The molecule has 6 nitrogen and oxygen atoms in total. The highest BCUT2D eigenvalue weighted by Gasteiger charge is 2.34. The number of fused-ring (bicyclic) bond motifs is 2. The van der Waals surface area contributed by atoms with Crippen LogP contribution in [0.4, 0.5) is 0 Å². The number of aromatic nitrogens is 2. The third-order valence-electron chi connectivity index (χ3n) is 4.85. The van der Waals surface area contributed by atoms with Crippen molar-refractivity contribution in [2.75, 3.05) is 6.61 Å². The average molecular weight is 325 g/mol. The lowest BCUT2D eigenvalue weighted by Gasteiger charge is -2.34. The fourth-order valence-corrected chi connectivity index (χ4v) is 3.43. The number of benzene rings is 1. The van der Waals surface area contributed by atoms with Crippen LogP contribution in [-0.2, 0) is 20.0 Å². The van der Waals surface area contributed by atoms with Gasteiger partial charge < -0.3 is 19.0 Å². The highest BCUT2D eigenvalue weighted by atomic mass is 16.3. The second kappa shape index (κ2) is 5.49. The quantitative estimate of drug-likeness (QED) is 0.782. The normalized spacial score (nSPS) is 17.3. The lowest BCUT2D eigenvalue weighted by Crippen LogP contribution is -2.46. The molecule has 2 aromatic heterocycles. The van der Waals surface area contributed by atoms with E-state index in [2.05, 4.69) is 4.98 Å². The van der Waals surface area contributed by atoms with Gasteiger partial charge in [-0.15, -0.1) is 0 Å². The molecule has 0 radical (unpaired) electrons. The number of carbonyl (C=O) groups excluding carboxylic acids is 1. The molecule has 0 spiro atoms. The van der Waals surface area contributed by atoms with Crippen LogP contribution in [0.1, 0.15) is 27.5 Å². The summed E-state index contributed by atoms with van der Waals surface area (Å²) in [4.78, 5) is 19.1. The summed E-state index contributed by atoms with van der Waals surface area (Å²) in [5, 5.41) is 10.7. The van der Waals surface area contributed by atoms with Crippen molar-refractivity contribution in [3.05, 3.63) is 53.3 Å². The zero-order valence-corrected chi connectivity index (χ0v) is 13.7. The van der Waals surface area contributed by atoms with Gasteiger partial charge in [-0.2, -0.15) is 0 Å². The predicted molar refractivity (Wildman–Crippen MR) is 88.6 cm³/mol. The molecule has 1 aromatic carbocycles. The minimum Gasteiger partial charge on any atom is -0.451 e. The van der Waals surface area contributed by atoms with E-state index in [-0.39, 0.29) is 18.6 Å². The number of rotatable bonds is 2. The lowest BCUT2D eigenvalue weighted by molar-refractivity contribution is 0.0506. The van der Waals surface area contributed by atoms with E-state index in [1.165, 1.54) is 0 Å². The Morgan fingerprint density at radius 3 is 2.96 bits per heavy atom. The van der Waals surface area contributed by atoms with Crippen LogP contribution >= 0.6 is 0 Å². The minimum atomic E-state index is -0.270. The molecule has 0 aliphatic carbocycles. The van der Waals surface area contributed by atoms with E-state index in [1.807, 2.05) is 42.8 Å². The zero-order chi connectivity index (χ0) is 16.8. The molecule has 1 atom stereocenters. The molecular formula is C18H19N3O3. The topological polar surface area (TPSA) is 71.5 Å². The largest absolute Gasteiger partial charge is 0.451 e. The third kappa shape index (κ3) is 2.14. The Morgan fingerprint density at radius 1 is 1.42 bits per heavy atom. The number of aliphatic hydroxyl groups excluding tert-OH is 1. The van der Waals surface area contributed by atoms with Crippen molar-refractivity contribution in [2.24, 2.45) is 7.05 Å². The van der Waals surface area contributed by atoms with E-state index >= 15 is 0 Å². The summed E-state index contributed by atoms with van der Waals surface area (Å²) in [5.74, 6) is 0.146. The molecule has 0 unspecified atom stereocenters. The third-order valence-corrected chi connectivity index (χ3v) is 4.85. The van der Waals surface area contributed by atoms with Gasteiger partial charge in [-0.25, -0.2) is 4.98 Å². The Kier molecular flexibility index (Phi) is 3.42.